The maximum Gasteiger partial charge on any atom is 0.418 e. The van der Waals surface area contributed by atoms with Crippen LogP contribution in [0, 0.1) is 5.92 Å². The summed E-state index contributed by atoms with van der Waals surface area (Å²) in [6.07, 6.45) is -3.51. The first-order chi connectivity index (χ1) is 14.5. The molecule has 6 nitrogen and oxygen atoms in total. The van der Waals surface area contributed by atoms with Crippen molar-refractivity contribution >= 4 is 17.5 Å². The van der Waals surface area contributed by atoms with Gasteiger partial charge in [0.2, 0.25) is 11.8 Å². The molecule has 174 valence electrons. The van der Waals surface area contributed by atoms with E-state index in [9.17, 15) is 22.8 Å². The average molecular weight is 443 g/mol. The van der Waals surface area contributed by atoms with Gasteiger partial charge in [-0.05, 0) is 38.4 Å². The number of benzene rings is 1. The highest BCUT2D eigenvalue weighted by molar-refractivity contribution is 5.93. The number of para-hydroxylation sites is 1. The summed E-state index contributed by atoms with van der Waals surface area (Å²) in [5.41, 5.74) is -1.11. The number of amides is 2. The Kier molecular flexibility index (Phi) is 8.88. The van der Waals surface area contributed by atoms with E-state index in [1.807, 2.05) is 11.9 Å². The van der Waals surface area contributed by atoms with E-state index in [2.05, 4.69) is 31.0 Å². The Hall–Kier alpha value is -2.13. The van der Waals surface area contributed by atoms with Crippen molar-refractivity contribution in [3.8, 4) is 0 Å². The third-order valence-electron chi connectivity index (χ3n) is 5.55. The Balaban J connectivity index is 1.80. The van der Waals surface area contributed by atoms with Gasteiger partial charge in [-0.1, -0.05) is 26.0 Å². The number of halogens is 3. The predicted molar refractivity (Wildman–Crippen MR) is 115 cm³/mol. The maximum absolute atomic E-state index is 13.1. The molecule has 1 N–H and O–H groups in total. The van der Waals surface area contributed by atoms with Crippen LogP contribution < -0.4 is 5.32 Å². The Morgan fingerprint density at radius 3 is 2.29 bits per heavy atom. The lowest BCUT2D eigenvalue weighted by Gasteiger charge is -2.36. The van der Waals surface area contributed by atoms with E-state index in [0.29, 0.717) is 44.7 Å². The second-order valence-electron chi connectivity index (χ2n) is 8.64. The number of anilines is 1. The van der Waals surface area contributed by atoms with Gasteiger partial charge in [-0.3, -0.25) is 19.4 Å². The van der Waals surface area contributed by atoms with E-state index >= 15 is 0 Å². The van der Waals surface area contributed by atoms with Crippen LogP contribution in [0.25, 0.3) is 0 Å². The lowest BCUT2D eigenvalue weighted by Crippen LogP contribution is -2.52. The SMILES string of the molecule is CC(C)CC(C)N(C)CC(=O)N1CCN(CC(=O)Nc2ccccc2C(F)(F)F)CC1. The molecule has 1 saturated heterocycles. The topological polar surface area (TPSA) is 55.9 Å². The second-order valence-corrected chi connectivity index (χ2v) is 8.64. The monoisotopic (exact) mass is 442 g/mol. The molecule has 1 heterocycles. The quantitative estimate of drug-likeness (QED) is 0.672. The molecule has 1 unspecified atom stereocenters. The van der Waals surface area contributed by atoms with Crippen molar-refractivity contribution in [2.24, 2.45) is 5.92 Å². The summed E-state index contributed by atoms with van der Waals surface area (Å²) in [5.74, 6) is 0.116. The summed E-state index contributed by atoms with van der Waals surface area (Å²) < 4.78 is 39.2. The Labute approximate surface area is 182 Å². The van der Waals surface area contributed by atoms with Gasteiger partial charge in [-0.25, -0.2) is 0 Å². The van der Waals surface area contributed by atoms with Crippen molar-refractivity contribution in [1.82, 2.24) is 14.7 Å². The molecule has 1 aromatic rings. The number of piperazine rings is 1. The number of hydrogen-bond acceptors (Lipinski definition) is 4. The van der Waals surface area contributed by atoms with Crippen LogP contribution in [0.2, 0.25) is 0 Å². The number of hydrogen-bond donors (Lipinski definition) is 1. The van der Waals surface area contributed by atoms with Crippen molar-refractivity contribution in [2.75, 3.05) is 51.6 Å². The molecular weight excluding hydrogens is 409 g/mol. The largest absolute Gasteiger partial charge is 0.418 e. The van der Waals surface area contributed by atoms with Gasteiger partial charge in [0.05, 0.1) is 24.3 Å². The van der Waals surface area contributed by atoms with Crippen LogP contribution in [0.3, 0.4) is 0 Å². The fraction of sp³-hybridized carbons (Fsp3) is 0.636. The maximum atomic E-state index is 13.1. The van der Waals surface area contributed by atoms with Crippen molar-refractivity contribution in [3.05, 3.63) is 29.8 Å². The van der Waals surface area contributed by atoms with Gasteiger partial charge in [-0.2, -0.15) is 13.2 Å². The van der Waals surface area contributed by atoms with E-state index in [4.69, 9.17) is 0 Å². The first-order valence-electron chi connectivity index (χ1n) is 10.6. The predicted octanol–water partition coefficient (Wildman–Crippen LogP) is 3.15. The van der Waals surface area contributed by atoms with E-state index in [0.717, 1.165) is 12.5 Å². The molecule has 31 heavy (non-hydrogen) atoms. The Morgan fingerprint density at radius 2 is 1.71 bits per heavy atom. The Bertz CT molecular complexity index is 747. The fourth-order valence-electron chi connectivity index (χ4n) is 3.72. The summed E-state index contributed by atoms with van der Waals surface area (Å²) in [7, 11) is 1.95. The number of alkyl halides is 3. The zero-order valence-electron chi connectivity index (χ0n) is 18.7. The molecule has 2 rings (SSSR count). The van der Waals surface area contributed by atoms with Gasteiger partial charge < -0.3 is 10.2 Å². The molecule has 1 aliphatic heterocycles. The molecule has 2 amide bonds. The number of nitrogens with one attached hydrogen (secondary N) is 1. The minimum atomic E-state index is -4.53. The average Bonchev–Trinajstić information content (AvgIpc) is 2.67. The van der Waals surface area contributed by atoms with E-state index < -0.39 is 17.6 Å². The summed E-state index contributed by atoms with van der Waals surface area (Å²) in [6.45, 7) is 8.77. The van der Waals surface area contributed by atoms with Gasteiger partial charge in [0.15, 0.2) is 0 Å². The Morgan fingerprint density at radius 1 is 1.10 bits per heavy atom. The van der Waals surface area contributed by atoms with Crippen LogP contribution >= 0.6 is 0 Å². The summed E-state index contributed by atoms with van der Waals surface area (Å²) in [6, 6.07) is 5.24. The van der Waals surface area contributed by atoms with Gasteiger partial charge in [0.25, 0.3) is 0 Å². The third kappa shape index (κ3) is 7.81. The number of rotatable bonds is 8. The third-order valence-corrected chi connectivity index (χ3v) is 5.55. The molecule has 1 aromatic carbocycles. The molecule has 0 aliphatic carbocycles. The summed E-state index contributed by atoms with van der Waals surface area (Å²) in [4.78, 5) is 30.5. The summed E-state index contributed by atoms with van der Waals surface area (Å²) in [5, 5.41) is 2.36. The zero-order chi connectivity index (χ0) is 23.2. The lowest BCUT2D eigenvalue weighted by atomic mass is 10.0. The molecule has 1 aliphatic rings. The highest BCUT2D eigenvalue weighted by Crippen LogP contribution is 2.34. The minimum absolute atomic E-state index is 0.0143. The first-order valence-corrected chi connectivity index (χ1v) is 10.6. The van der Waals surface area contributed by atoms with Crippen molar-refractivity contribution in [1.29, 1.82) is 0 Å². The first kappa shape index (κ1) is 25.1. The van der Waals surface area contributed by atoms with Gasteiger partial charge >= 0.3 is 6.18 Å². The molecular formula is C22H33F3N4O2. The van der Waals surface area contributed by atoms with Crippen molar-refractivity contribution in [2.45, 2.75) is 39.4 Å². The van der Waals surface area contributed by atoms with Crippen LogP contribution in [-0.2, 0) is 15.8 Å². The number of nitrogens with zero attached hydrogens (tertiary/aromatic N) is 3. The number of carbonyl (C=O) groups excluding carboxylic acids is 2. The standard InChI is InChI=1S/C22H33F3N4O2/c1-16(2)13-17(3)27(4)15-21(31)29-11-9-28(10-12-29)14-20(30)26-19-8-6-5-7-18(19)22(23,24)25/h5-8,16-17H,9-15H2,1-4H3,(H,26,30). The molecule has 0 saturated carbocycles. The van der Waals surface area contributed by atoms with Crippen molar-refractivity contribution in [3.63, 3.8) is 0 Å². The van der Waals surface area contributed by atoms with Crippen LogP contribution in [0.4, 0.5) is 18.9 Å². The zero-order valence-corrected chi connectivity index (χ0v) is 18.7. The molecule has 1 fully saturated rings. The van der Waals surface area contributed by atoms with Crippen LogP contribution in [0.5, 0.6) is 0 Å². The fourth-order valence-corrected chi connectivity index (χ4v) is 3.72. The summed E-state index contributed by atoms with van der Waals surface area (Å²) >= 11 is 0. The molecule has 9 heteroatoms. The molecule has 1 atom stereocenters. The highest BCUT2D eigenvalue weighted by Gasteiger charge is 2.33. The van der Waals surface area contributed by atoms with Gasteiger partial charge in [0, 0.05) is 32.2 Å². The van der Waals surface area contributed by atoms with Crippen LogP contribution in [-0.4, -0.2) is 78.9 Å². The van der Waals surface area contributed by atoms with E-state index in [-0.39, 0.29) is 18.1 Å². The molecule has 0 aromatic heterocycles. The number of likely N-dealkylation sites (N-methyl/N-ethyl adjacent to an activating group) is 1. The van der Waals surface area contributed by atoms with E-state index in [1.165, 1.54) is 18.2 Å². The highest BCUT2D eigenvalue weighted by atomic mass is 19.4. The van der Waals surface area contributed by atoms with Crippen molar-refractivity contribution < 1.29 is 22.8 Å². The molecule has 0 bridgehead atoms. The second kappa shape index (κ2) is 10.9. The van der Waals surface area contributed by atoms with E-state index in [1.54, 1.807) is 4.90 Å². The smallest absolute Gasteiger partial charge is 0.339 e. The van der Waals surface area contributed by atoms with Crippen LogP contribution in [0.1, 0.15) is 32.8 Å². The normalized spacial score (nSPS) is 16.6. The lowest BCUT2D eigenvalue weighted by molar-refractivity contribution is -0.137. The molecule has 0 radical (unpaired) electrons. The minimum Gasteiger partial charge on any atom is -0.339 e. The van der Waals surface area contributed by atoms with Gasteiger partial charge in [-0.15, -0.1) is 0 Å². The number of carbonyl (C=O) groups is 2. The molecule has 0 spiro atoms. The van der Waals surface area contributed by atoms with Gasteiger partial charge in [0.1, 0.15) is 0 Å². The van der Waals surface area contributed by atoms with Crippen LogP contribution in [0.15, 0.2) is 24.3 Å².